The van der Waals surface area contributed by atoms with Crippen molar-refractivity contribution in [3.8, 4) is 0 Å². The summed E-state index contributed by atoms with van der Waals surface area (Å²) in [6.45, 7) is 14.4. The lowest BCUT2D eigenvalue weighted by Crippen LogP contribution is -2.48. The van der Waals surface area contributed by atoms with Gasteiger partial charge in [-0.2, -0.15) is 0 Å². The molecule has 25 heavy (non-hydrogen) atoms. The van der Waals surface area contributed by atoms with Crippen LogP contribution in [0.4, 0.5) is 0 Å². The monoisotopic (exact) mass is 374 g/mol. The van der Waals surface area contributed by atoms with Gasteiger partial charge in [-0.3, -0.25) is 4.90 Å². The maximum atomic E-state index is 12.6. The summed E-state index contributed by atoms with van der Waals surface area (Å²) in [6.07, 6.45) is 1.25. The number of piperazine rings is 1. The largest absolute Gasteiger partial charge is 0.457 e. The Labute approximate surface area is 156 Å². The summed E-state index contributed by atoms with van der Waals surface area (Å²) in [5.41, 5.74) is -1.01. The second-order valence-electron chi connectivity index (χ2n) is 8.08. The van der Waals surface area contributed by atoms with Gasteiger partial charge in [-0.05, 0) is 41.5 Å². The van der Waals surface area contributed by atoms with Crippen LogP contribution >= 0.6 is 11.6 Å². The number of carbonyl (C=O) groups excluding carboxylic acids is 2. The Hall–Kier alpha value is -1.27. The summed E-state index contributed by atoms with van der Waals surface area (Å²) in [5, 5.41) is 0. The third kappa shape index (κ3) is 8.59. The van der Waals surface area contributed by atoms with Crippen molar-refractivity contribution in [2.75, 3.05) is 38.6 Å². The molecule has 6 nitrogen and oxygen atoms in total. The van der Waals surface area contributed by atoms with E-state index in [1.54, 1.807) is 41.5 Å². The number of esters is 2. The van der Waals surface area contributed by atoms with E-state index in [2.05, 4.69) is 4.90 Å². The highest BCUT2D eigenvalue weighted by atomic mass is 35.5. The highest BCUT2D eigenvalue weighted by Crippen LogP contribution is 2.17. The Balaban J connectivity index is 2.92. The highest BCUT2D eigenvalue weighted by Gasteiger charge is 2.28. The maximum Gasteiger partial charge on any atom is 0.355 e. The van der Waals surface area contributed by atoms with E-state index in [0.717, 1.165) is 19.6 Å². The first-order valence-electron chi connectivity index (χ1n) is 8.62. The van der Waals surface area contributed by atoms with E-state index in [1.807, 2.05) is 4.90 Å². The van der Waals surface area contributed by atoms with Crippen molar-refractivity contribution in [1.29, 1.82) is 0 Å². The SMILES string of the molecule is CC(C)(C)OC(=O)/C=C(\C(=O)OC(C)(C)C)N1CCN(CCCl)CC1. The minimum Gasteiger partial charge on any atom is -0.457 e. The normalized spacial score (nSPS) is 17.4. The Morgan fingerprint density at radius 3 is 1.92 bits per heavy atom. The fraction of sp³-hybridized carbons (Fsp3) is 0.778. The van der Waals surface area contributed by atoms with Crippen molar-refractivity contribution < 1.29 is 19.1 Å². The first-order valence-corrected chi connectivity index (χ1v) is 9.16. The molecular formula is C18H31ClN2O4. The van der Waals surface area contributed by atoms with Crippen LogP contribution < -0.4 is 0 Å². The fourth-order valence-electron chi connectivity index (χ4n) is 2.38. The van der Waals surface area contributed by atoms with Crippen LogP contribution in [0.5, 0.6) is 0 Å². The van der Waals surface area contributed by atoms with Crippen molar-refractivity contribution >= 4 is 23.5 Å². The molecule has 0 bridgehead atoms. The molecule has 7 heteroatoms. The van der Waals surface area contributed by atoms with Crippen molar-refractivity contribution in [1.82, 2.24) is 9.80 Å². The molecule has 144 valence electrons. The number of ether oxygens (including phenoxy) is 2. The molecule has 1 fully saturated rings. The first-order chi connectivity index (χ1) is 11.4. The van der Waals surface area contributed by atoms with E-state index in [1.165, 1.54) is 6.08 Å². The molecule has 0 saturated carbocycles. The zero-order chi connectivity index (χ0) is 19.3. The van der Waals surface area contributed by atoms with Crippen LogP contribution in [-0.4, -0.2) is 71.5 Å². The number of hydrogen-bond acceptors (Lipinski definition) is 6. The van der Waals surface area contributed by atoms with Gasteiger partial charge >= 0.3 is 11.9 Å². The summed E-state index contributed by atoms with van der Waals surface area (Å²) >= 11 is 5.79. The lowest BCUT2D eigenvalue weighted by atomic mass is 10.2. The molecule has 0 radical (unpaired) electrons. The van der Waals surface area contributed by atoms with Gasteiger partial charge in [0.05, 0.1) is 6.08 Å². The second-order valence-corrected chi connectivity index (χ2v) is 8.46. The van der Waals surface area contributed by atoms with Crippen molar-refractivity contribution in [2.45, 2.75) is 52.7 Å². The van der Waals surface area contributed by atoms with Crippen LogP contribution in [0.25, 0.3) is 0 Å². The average molecular weight is 375 g/mol. The number of nitrogens with zero attached hydrogens (tertiary/aromatic N) is 2. The molecule has 0 atom stereocenters. The zero-order valence-corrected chi connectivity index (χ0v) is 17.0. The maximum absolute atomic E-state index is 12.6. The van der Waals surface area contributed by atoms with Gasteiger partial charge in [0.15, 0.2) is 0 Å². The van der Waals surface area contributed by atoms with Crippen LogP contribution in [0.2, 0.25) is 0 Å². The molecule has 0 aromatic rings. The van der Waals surface area contributed by atoms with E-state index in [4.69, 9.17) is 21.1 Å². The number of halogens is 1. The molecule has 0 N–H and O–H groups in total. The molecule has 1 aliphatic rings. The Morgan fingerprint density at radius 2 is 1.48 bits per heavy atom. The second kappa shape index (κ2) is 8.90. The van der Waals surface area contributed by atoms with Crippen LogP contribution in [0.3, 0.4) is 0 Å². The third-order valence-electron chi connectivity index (χ3n) is 3.38. The summed E-state index contributed by atoms with van der Waals surface area (Å²) < 4.78 is 10.8. The molecule has 0 aliphatic carbocycles. The van der Waals surface area contributed by atoms with Gasteiger partial charge in [-0.1, -0.05) is 0 Å². The third-order valence-corrected chi connectivity index (χ3v) is 3.55. The van der Waals surface area contributed by atoms with E-state index < -0.39 is 23.1 Å². The Kier molecular flexibility index (Phi) is 7.75. The smallest absolute Gasteiger partial charge is 0.355 e. The van der Waals surface area contributed by atoms with Crippen LogP contribution in [0.15, 0.2) is 11.8 Å². The molecule has 0 unspecified atom stereocenters. The fourth-order valence-corrected chi connectivity index (χ4v) is 2.62. The van der Waals surface area contributed by atoms with E-state index >= 15 is 0 Å². The average Bonchev–Trinajstić information content (AvgIpc) is 2.42. The summed E-state index contributed by atoms with van der Waals surface area (Å²) in [7, 11) is 0. The molecule has 0 amide bonds. The van der Waals surface area contributed by atoms with Crippen LogP contribution in [0, 0.1) is 0 Å². The molecule has 1 saturated heterocycles. The minimum atomic E-state index is -0.634. The lowest BCUT2D eigenvalue weighted by molar-refractivity contribution is -0.154. The van der Waals surface area contributed by atoms with Gasteiger partial charge in [0.2, 0.25) is 0 Å². The predicted octanol–water partition coefficient (Wildman–Crippen LogP) is 2.41. The molecule has 1 rings (SSSR count). The first kappa shape index (κ1) is 21.8. The molecular weight excluding hydrogens is 344 g/mol. The zero-order valence-electron chi connectivity index (χ0n) is 16.2. The van der Waals surface area contributed by atoms with Crippen molar-refractivity contribution in [3.05, 3.63) is 11.8 Å². The Morgan fingerprint density at radius 1 is 0.960 bits per heavy atom. The van der Waals surface area contributed by atoms with Gasteiger partial charge in [0, 0.05) is 38.6 Å². The van der Waals surface area contributed by atoms with Gasteiger partial charge in [-0.15, -0.1) is 11.6 Å². The highest BCUT2D eigenvalue weighted by molar-refractivity contribution is 6.18. The molecule has 1 aliphatic heterocycles. The number of hydrogen-bond donors (Lipinski definition) is 0. The molecule has 0 spiro atoms. The quantitative estimate of drug-likeness (QED) is 0.418. The van der Waals surface area contributed by atoms with Crippen LogP contribution in [0.1, 0.15) is 41.5 Å². The number of rotatable bonds is 5. The molecule has 0 aromatic heterocycles. The number of carbonyl (C=O) groups is 2. The lowest BCUT2D eigenvalue weighted by Gasteiger charge is -2.36. The van der Waals surface area contributed by atoms with Gasteiger partial charge in [0.25, 0.3) is 0 Å². The molecule has 1 heterocycles. The van der Waals surface area contributed by atoms with Gasteiger partial charge in [-0.25, -0.2) is 9.59 Å². The van der Waals surface area contributed by atoms with Crippen LogP contribution in [-0.2, 0) is 19.1 Å². The Bertz CT molecular complexity index is 498. The van der Waals surface area contributed by atoms with Gasteiger partial charge < -0.3 is 14.4 Å². The predicted molar refractivity (Wildman–Crippen MR) is 98.5 cm³/mol. The van der Waals surface area contributed by atoms with E-state index in [9.17, 15) is 9.59 Å². The topological polar surface area (TPSA) is 59.1 Å². The minimum absolute atomic E-state index is 0.245. The summed E-state index contributed by atoms with van der Waals surface area (Å²) in [4.78, 5) is 28.9. The number of alkyl halides is 1. The summed E-state index contributed by atoms with van der Waals surface area (Å²) in [6, 6.07) is 0. The van der Waals surface area contributed by atoms with Crippen molar-refractivity contribution in [2.24, 2.45) is 0 Å². The van der Waals surface area contributed by atoms with Gasteiger partial charge in [0.1, 0.15) is 16.9 Å². The van der Waals surface area contributed by atoms with E-state index in [0.29, 0.717) is 19.0 Å². The van der Waals surface area contributed by atoms with Crippen molar-refractivity contribution in [3.63, 3.8) is 0 Å². The van der Waals surface area contributed by atoms with E-state index in [-0.39, 0.29) is 5.70 Å². The summed E-state index contributed by atoms with van der Waals surface area (Å²) in [5.74, 6) is -0.479. The molecule has 0 aromatic carbocycles. The standard InChI is InChI=1S/C18H31ClN2O4/c1-17(2,3)24-15(22)13-14(16(23)25-18(4,5)6)21-11-9-20(8-7-19)10-12-21/h13H,7-12H2,1-6H3/b14-13+.